The van der Waals surface area contributed by atoms with Gasteiger partial charge in [0, 0.05) is 12.2 Å². The highest BCUT2D eigenvalue weighted by molar-refractivity contribution is 7.99. The van der Waals surface area contributed by atoms with Crippen molar-refractivity contribution in [2.24, 2.45) is 5.92 Å². The number of fused-ring (bicyclic) bond motifs is 1. The van der Waals surface area contributed by atoms with E-state index in [9.17, 15) is 9.59 Å². The molecule has 1 aromatic carbocycles. The molecule has 0 unspecified atom stereocenters. The Hall–Kier alpha value is -2.94. The first-order valence-corrected chi connectivity index (χ1v) is 11.5. The highest BCUT2D eigenvalue weighted by Crippen LogP contribution is 2.30. The summed E-state index contributed by atoms with van der Waals surface area (Å²) in [6, 6.07) is 7.18. The van der Waals surface area contributed by atoms with Crippen LogP contribution in [0.4, 0.5) is 0 Å². The third-order valence-corrected chi connectivity index (χ3v) is 5.98. The molecule has 9 heteroatoms. The average Bonchev–Trinajstić information content (AvgIpc) is 3.14. The lowest BCUT2D eigenvalue weighted by molar-refractivity contribution is -0.119. The van der Waals surface area contributed by atoms with E-state index in [2.05, 4.69) is 15.3 Å². The first-order chi connectivity index (χ1) is 15.2. The fraction of sp³-hybridized carbons (Fsp3) is 0.435. The molecule has 8 nitrogen and oxygen atoms in total. The molecule has 0 saturated heterocycles. The van der Waals surface area contributed by atoms with Crippen LogP contribution in [0.1, 0.15) is 38.1 Å². The van der Waals surface area contributed by atoms with Crippen molar-refractivity contribution in [2.75, 3.05) is 20.0 Å². The molecule has 1 atom stereocenters. The Labute approximate surface area is 191 Å². The van der Waals surface area contributed by atoms with Gasteiger partial charge in [-0.15, -0.1) is 0 Å². The van der Waals surface area contributed by atoms with E-state index in [1.165, 1.54) is 11.8 Å². The monoisotopic (exact) mass is 458 g/mol. The van der Waals surface area contributed by atoms with Crippen LogP contribution < -0.4 is 20.3 Å². The van der Waals surface area contributed by atoms with Gasteiger partial charge in [-0.3, -0.25) is 14.2 Å². The molecule has 0 aliphatic rings. The Kier molecular flexibility index (Phi) is 7.50. The molecule has 1 amide bonds. The Morgan fingerprint density at radius 1 is 1.19 bits per heavy atom. The molecule has 2 heterocycles. The SMILES string of the molecule is COc1ccc([C@H](C)NC(=O)CSc2nc3cc(C)[nH]c3c(=O)n2CC(C)C)cc1OC. The number of thioether (sulfide) groups is 1. The number of benzene rings is 1. The number of aromatic amines is 1. The van der Waals surface area contributed by atoms with E-state index in [0.717, 1.165) is 11.3 Å². The zero-order chi connectivity index (χ0) is 23.4. The lowest BCUT2D eigenvalue weighted by Crippen LogP contribution is -2.29. The first-order valence-electron chi connectivity index (χ1n) is 10.5. The van der Waals surface area contributed by atoms with E-state index < -0.39 is 0 Å². The van der Waals surface area contributed by atoms with Crippen molar-refractivity contribution < 1.29 is 14.3 Å². The molecule has 0 radical (unpaired) electrons. The molecular weight excluding hydrogens is 428 g/mol. The lowest BCUT2D eigenvalue weighted by atomic mass is 10.1. The third-order valence-electron chi connectivity index (χ3n) is 5.00. The van der Waals surface area contributed by atoms with Crippen LogP contribution in [0.2, 0.25) is 0 Å². The number of amides is 1. The summed E-state index contributed by atoms with van der Waals surface area (Å²) in [4.78, 5) is 33.4. The second-order valence-electron chi connectivity index (χ2n) is 8.11. The molecule has 2 aromatic heterocycles. The number of aryl methyl sites for hydroxylation is 1. The van der Waals surface area contributed by atoms with Crippen molar-refractivity contribution in [3.8, 4) is 11.5 Å². The van der Waals surface area contributed by atoms with Crippen molar-refractivity contribution in [1.29, 1.82) is 0 Å². The van der Waals surface area contributed by atoms with Gasteiger partial charge in [-0.05, 0) is 43.5 Å². The van der Waals surface area contributed by atoms with E-state index in [0.29, 0.717) is 34.2 Å². The Balaban J connectivity index is 1.74. The van der Waals surface area contributed by atoms with Gasteiger partial charge in [0.05, 0.1) is 31.5 Å². The number of nitrogens with one attached hydrogen (secondary N) is 2. The minimum atomic E-state index is -0.219. The van der Waals surface area contributed by atoms with Crippen LogP contribution in [-0.4, -0.2) is 40.4 Å². The predicted octanol–water partition coefficient (Wildman–Crippen LogP) is 3.68. The van der Waals surface area contributed by atoms with Gasteiger partial charge in [0.15, 0.2) is 16.7 Å². The fourth-order valence-corrected chi connectivity index (χ4v) is 4.29. The summed E-state index contributed by atoms with van der Waals surface area (Å²) in [6.07, 6.45) is 0. The quantitative estimate of drug-likeness (QED) is 0.375. The van der Waals surface area contributed by atoms with Gasteiger partial charge in [0.25, 0.3) is 5.56 Å². The van der Waals surface area contributed by atoms with Crippen molar-refractivity contribution >= 4 is 28.7 Å². The largest absolute Gasteiger partial charge is 0.493 e. The molecule has 3 rings (SSSR count). The molecule has 0 saturated carbocycles. The van der Waals surface area contributed by atoms with Gasteiger partial charge < -0.3 is 19.8 Å². The van der Waals surface area contributed by atoms with Gasteiger partial charge in [-0.25, -0.2) is 4.98 Å². The molecule has 32 heavy (non-hydrogen) atoms. The molecular formula is C23H30N4O4S. The maximum atomic E-state index is 13.0. The van der Waals surface area contributed by atoms with Gasteiger partial charge in [-0.2, -0.15) is 0 Å². The Bertz CT molecular complexity index is 1170. The van der Waals surface area contributed by atoms with Crippen LogP contribution in [-0.2, 0) is 11.3 Å². The normalized spacial score (nSPS) is 12.2. The fourth-order valence-electron chi connectivity index (χ4n) is 3.47. The molecule has 0 bridgehead atoms. The maximum absolute atomic E-state index is 13.0. The summed E-state index contributed by atoms with van der Waals surface area (Å²) in [5, 5.41) is 3.54. The van der Waals surface area contributed by atoms with E-state index >= 15 is 0 Å². The van der Waals surface area contributed by atoms with Crippen LogP contribution >= 0.6 is 11.8 Å². The number of carbonyl (C=O) groups is 1. The summed E-state index contributed by atoms with van der Waals surface area (Å²) in [5.41, 5.74) is 2.79. The van der Waals surface area contributed by atoms with Crippen molar-refractivity contribution in [2.45, 2.75) is 45.4 Å². The van der Waals surface area contributed by atoms with Crippen LogP contribution in [0.25, 0.3) is 11.0 Å². The zero-order valence-corrected chi connectivity index (χ0v) is 20.1. The Morgan fingerprint density at radius 2 is 1.91 bits per heavy atom. The molecule has 2 N–H and O–H groups in total. The van der Waals surface area contributed by atoms with Crippen molar-refractivity contribution in [3.63, 3.8) is 0 Å². The van der Waals surface area contributed by atoms with Crippen LogP contribution in [0.15, 0.2) is 34.2 Å². The number of hydrogen-bond donors (Lipinski definition) is 2. The van der Waals surface area contributed by atoms with Crippen molar-refractivity contribution in [1.82, 2.24) is 19.9 Å². The van der Waals surface area contributed by atoms with E-state index in [-0.39, 0.29) is 29.2 Å². The lowest BCUT2D eigenvalue weighted by Gasteiger charge is -2.17. The number of rotatable bonds is 9. The topological polar surface area (TPSA) is 98.2 Å². The highest BCUT2D eigenvalue weighted by Gasteiger charge is 2.17. The second kappa shape index (κ2) is 10.1. The number of hydrogen-bond acceptors (Lipinski definition) is 6. The molecule has 0 spiro atoms. The molecule has 172 valence electrons. The predicted molar refractivity (Wildman–Crippen MR) is 127 cm³/mol. The summed E-state index contributed by atoms with van der Waals surface area (Å²) >= 11 is 1.27. The van der Waals surface area contributed by atoms with E-state index in [4.69, 9.17) is 9.47 Å². The third kappa shape index (κ3) is 5.27. The van der Waals surface area contributed by atoms with E-state index in [1.54, 1.807) is 18.8 Å². The molecule has 3 aromatic rings. The summed E-state index contributed by atoms with van der Waals surface area (Å²) in [6.45, 7) is 8.42. The van der Waals surface area contributed by atoms with Crippen molar-refractivity contribution in [3.05, 3.63) is 45.9 Å². The standard InChI is InChI=1S/C23H30N4O4S/c1-13(2)11-27-22(29)21-17(9-14(3)24-21)26-23(27)32-12-20(28)25-15(4)16-7-8-18(30-5)19(10-16)31-6/h7-10,13,15,24H,11-12H2,1-6H3,(H,25,28)/t15-/m0/s1. The van der Waals surface area contributed by atoms with Crippen LogP contribution in [0.3, 0.4) is 0 Å². The number of carbonyl (C=O) groups excluding carboxylic acids is 1. The van der Waals surface area contributed by atoms with Gasteiger partial charge in [0.1, 0.15) is 5.52 Å². The van der Waals surface area contributed by atoms with Gasteiger partial charge >= 0.3 is 0 Å². The minimum Gasteiger partial charge on any atom is -0.493 e. The first kappa shape index (κ1) is 23.7. The second-order valence-corrected chi connectivity index (χ2v) is 9.05. The zero-order valence-electron chi connectivity index (χ0n) is 19.3. The summed E-state index contributed by atoms with van der Waals surface area (Å²) in [7, 11) is 3.16. The summed E-state index contributed by atoms with van der Waals surface area (Å²) < 4.78 is 12.3. The number of methoxy groups -OCH3 is 2. The molecule has 0 aliphatic heterocycles. The number of H-pyrrole nitrogens is 1. The highest BCUT2D eigenvalue weighted by atomic mass is 32.2. The van der Waals surface area contributed by atoms with Gasteiger partial charge in [0.2, 0.25) is 5.91 Å². The number of ether oxygens (including phenoxy) is 2. The van der Waals surface area contributed by atoms with E-state index in [1.807, 2.05) is 52.0 Å². The smallest absolute Gasteiger partial charge is 0.278 e. The average molecular weight is 459 g/mol. The molecule has 0 fully saturated rings. The Morgan fingerprint density at radius 3 is 2.56 bits per heavy atom. The number of aromatic nitrogens is 3. The minimum absolute atomic E-state index is 0.113. The number of nitrogens with zero attached hydrogens (tertiary/aromatic N) is 2. The summed E-state index contributed by atoms with van der Waals surface area (Å²) in [5.74, 6) is 1.51. The van der Waals surface area contributed by atoms with Gasteiger partial charge in [-0.1, -0.05) is 31.7 Å². The maximum Gasteiger partial charge on any atom is 0.278 e. The van der Waals surface area contributed by atoms with Crippen LogP contribution in [0, 0.1) is 12.8 Å². The molecule has 0 aliphatic carbocycles. The van der Waals surface area contributed by atoms with Crippen LogP contribution in [0.5, 0.6) is 11.5 Å².